The van der Waals surface area contributed by atoms with Crippen molar-refractivity contribution in [1.29, 1.82) is 0 Å². The molecule has 0 bridgehead atoms. The minimum Gasteiger partial charge on any atom is -0.338 e. The Morgan fingerprint density at radius 2 is 2.11 bits per heavy atom. The van der Waals surface area contributed by atoms with Crippen LogP contribution in [0.3, 0.4) is 0 Å². The molecule has 1 N–H and O–H groups in total. The first-order valence-corrected chi connectivity index (χ1v) is 9.50. The van der Waals surface area contributed by atoms with Crippen LogP contribution in [0.4, 0.5) is 5.69 Å². The molecule has 3 heterocycles. The number of aromatic nitrogens is 3. The lowest BCUT2D eigenvalue weighted by atomic mass is 9.96. The van der Waals surface area contributed by atoms with E-state index in [9.17, 15) is 4.79 Å². The first-order chi connectivity index (χ1) is 13.7. The van der Waals surface area contributed by atoms with Crippen LogP contribution in [0, 0.1) is 12.8 Å². The predicted molar refractivity (Wildman–Crippen MR) is 105 cm³/mol. The van der Waals surface area contributed by atoms with E-state index in [1.807, 2.05) is 43.3 Å². The maximum Gasteiger partial charge on any atom is 0.241 e. The number of piperidine rings is 1. The van der Waals surface area contributed by atoms with Gasteiger partial charge in [0.25, 0.3) is 0 Å². The van der Waals surface area contributed by atoms with E-state index in [0.29, 0.717) is 18.3 Å². The number of nitrogens with one attached hydrogen (secondary N) is 1. The Labute approximate surface area is 163 Å². The quantitative estimate of drug-likeness (QED) is 0.734. The van der Waals surface area contributed by atoms with Crippen molar-refractivity contribution in [2.75, 3.05) is 18.4 Å². The van der Waals surface area contributed by atoms with Crippen LogP contribution < -0.4 is 5.32 Å². The van der Waals surface area contributed by atoms with Crippen molar-refractivity contribution in [3.8, 4) is 11.4 Å². The maximum absolute atomic E-state index is 12.4. The third kappa shape index (κ3) is 4.43. The van der Waals surface area contributed by atoms with Crippen LogP contribution in [0.25, 0.3) is 11.4 Å². The second-order valence-electron chi connectivity index (χ2n) is 7.16. The molecule has 0 atom stereocenters. The molecule has 0 saturated carbocycles. The normalized spacial score (nSPS) is 15.5. The average molecular weight is 377 g/mol. The van der Waals surface area contributed by atoms with Gasteiger partial charge in [0.15, 0.2) is 0 Å². The van der Waals surface area contributed by atoms with Crippen molar-refractivity contribution in [2.24, 2.45) is 5.92 Å². The molecule has 1 aliphatic rings. The summed E-state index contributed by atoms with van der Waals surface area (Å²) in [6.07, 6.45) is 4.97. The molecule has 0 aliphatic carbocycles. The molecule has 7 nitrogen and oxygen atoms in total. The standard InChI is InChI=1S/C21H23N5O2/c1-15-4-2-5-17(12-15)20-24-19(28-25-20)14-26-10-7-16(8-11-26)21(27)23-18-6-3-9-22-13-18/h2-6,9,12-13,16H,7-8,10-11,14H2,1H3,(H,23,27). The Hall–Kier alpha value is -3.06. The highest BCUT2D eigenvalue weighted by atomic mass is 16.5. The molecule has 1 aliphatic heterocycles. The minimum absolute atomic E-state index is 0.0157. The summed E-state index contributed by atoms with van der Waals surface area (Å²) < 4.78 is 5.43. The summed E-state index contributed by atoms with van der Waals surface area (Å²) in [4.78, 5) is 23.2. The Morgan fingerprint density at radius 1 is 1.25 bits per heavy atom. The van der Waals surface area contributed by atoms with E-state index in [2.05, 4.69) is 25.3 Å². The van der Waals surface area contributed by atoms with Crippen LogP contribution in [0.15, 0.2) is 53.3 Å². The molecule has 1 aromatic carbocycles. The molecule has 1 amide bonds. The van der Waals surface area contributed by atoms with Crippen LogP contribution in [0.1, 0.15) is 24.3 Å². The Kier molecular flexibility index (Phi) is 5.43. The summed E-state index contributed by atoms with van der Waals surface area (Å²) in [5, 5.41) is 7.04. The van der Waals surface area contributed by atoms with E-state index in [1.165, 1.54) is 0 Å². The highest BCUT2D eigenvalue weighted by Crippen LogP contribution is 2.22. The lowest BCUT2D eigenvalue weighted by Crippen LogP contribution is -2.37. The smallest absolute Gasteiger partial charge is 0.241 e. The number of carbonyl (C=O) groups is 1. The molecular formula is C21H23N5O2. The number of amides is 1. The van der Waals surface area contributed by atoms with Gasteiger partial charge in [0.05, 0.1) is 18.4 Å². The van der Waals surface area contributed by atoms with Gasteiger partial charge >= 0.3 is 0 Å². The van der Waals surface area contributed by atoms with Crippen LogP contribution in [-0.2, 0) is 11.3 Å². The molecule has 0 radical (unpaired) electrons. The number of benzene rings is 1. The van der Waals surface area contributed by atoms with Crippen molar-refractivity contribution in [2.45, 2.75) is 26.3 Å². The summed E-state index contributed by atoms with van der Waals surface area (Å²) >= 11 is 0. The van der Waals surface area contributed by atoms with E-state index in [0.717, 1.165) is 42.7 Å². The third-order valence-corrected chi connectivity index (χ3v) is 4.99. The van der Waals surface area contributed by atoms with Crippen molar-refractivity contribution in [3.05, 3.63) is 60.2 Å². The fourth-order valence-electron chi connectivity index (χ4n) is 3.45. The molecular weight excluding hydrogens is 354 g/mol. The van der Waals surface area contributed by atoms with Gasteiger partial charge in [0, 0.05) is 17.7 Å². The Morgan fingerprint density at radius 3 is 2.86 bits per heavy atom. The number of hydrogen-bond donors (Lipinski definition) is 1. The Balaban J connectivity index is 1.29. The summed E-state index contributed by atoms with van der Waals surface area (Å²) in [5.41, 5.74) is 2.86. The predicted octanol–water partition coefficient (Wildman–Crippen LogP) is 3.29. The summed E-state index contributed by atoms with van der Waals surface area (Å²) in [5.74, 6) is 1.30. The van der Waals surface area contributed by atoms with E-state index in [1.54, 1.807) is 12.4 Å². The van der Waals surface area contributed by atoms with Gasteiger partial charge in [-0.15, -0.1) is 0 Å². The van der Waals surface area contributed by atoms with Crippen molar-refractivity contribution in [3.63, 3.8) is 0 Å². The molecule has 2 aromatic heterocycles. The summed E-state index contributed by atoms with van der Waals surface area (Å²) in [6, 6.07) is 11.7. The highest BCUT2D eigenvalue weighted by molar-refractivity contribution is 5.92. The van der Waals surface area contributed by atoms with Crippen LogP contribution in [0.5, 0.6) is 0 Å². The van der Waals surface area contributed by atoms with Gasteiger partial charge in [-0.2, -0.15) is 4.98 Å². The first-order valence-electron chi connectivity index (χ1n) is 9.50. The summed E-state index contributed by atoms with van der Waals surface area (Å²) in [6.45, 7) is 4.30. The minimum atomic E-state index is 0.0157. The summed E-state index contributed by atoms with van der Waals surface area (Å²) in [7, 11) is 0. The van der Waals surface area contributed by atoms with Gasteiger partial charge < -0.3 is 9.84 Å². The number of carbonyl (C=O) groups excluding carboxylic acids is 1. The lowest BCUT2D eigenvalue weighted by Gasteiger charge is -2.30. The third-order valence-electron chi connectivity index (χ3n) is 4.99. The molecule has 7 heteroatoms. The van der Waals surface area contributed by atoms with E-state index in [-0.39, 0.29) is 11.8 Å². The van der Waals surface area contributed by atoms with E-state index >= 15 is 0 Å². The molecule has 1 fully saturated rings. The Bertz CT molecular complexity index is 933. The zero-order valence-electron chi connectivity index (χ0n) is 15.8. The first kappa shape index (κ1) is 18.3. The SMILES string of the molecule is Cc1cccc(-c2noc(CN3CCC(C(=O)Nc4cccnc4)CC3)n2)c1. The van der Waals surface area contributed by atoms with Gasteiger partial charge in [0.1, 0.15) is 0 Å². The maximum atomic E-state index is 12.4. The second-order valence-corrected chi connectivity index (χ2v) is 7.16. The fourth-order valence-corrected chi connectivity index (χ4v) is 3.45. The molecule has 1 saturated heterocycles. The number of aryl methyl sites for hydroxylation is 1. The fraction of sp³-hybridized carbons (Fsp3) is 0.333. The number of likely N-dealkylation sites (tertiary alicyclic amines) is 1. The molecule has 0 spiro atoms. The van der Waals surface area contributed by atoms with Crippen LogP contribution in [0.2, 0.25) is 0 Å². The highest BCUT2D eigenvalue weighted by Gasteiger charge is 2.26. The molecule has 144 valence electrons. The average Bonchev–Trinajstić information content (AvgIpc) is 3.18. The largest absolute Gasteiger partial charge is 0.338 e. The van der Waals surface area contributed by atoms with Crippen LogP contribution in [-0.4, -0.2) is 39.0 Å². The van der Waals surface area contributed by atoms with E-state index in [4.69, 9.17) is 4.52 Å². The van der Waals surface area contributed by atoms with Gasteiger partial charge in [-0.25, -0.2) is 0 Å². The molecule has 4 rings (SSSR count). The zero-order chi connectivity index (χ0) is 19.3. The number of hydrogen-bond acceptors (Lipinski definition) is 6. The number of rotatable bonds is 5. The van der Waals surface area contributed by atoms with Gasteiger partial charge in [-0.1, -0.05) is 28.9 Å². The zero-order valence-corrected chi connectivity index (χ0v) is 15.8. The van der Waals surface area contributed by atoms with Crippen molar-refractivity contribution < 1.29 is 9.32 Å². The van der Waals surface area contributed by atoms with Gasteiger partial charge in [-0.3, -0.25) is 14.7 Å². The number of pyridine rings is 1. The van der Waals surface area contributed by atoms with Crippen molar-refractivity contribution >= 4 is 11.6 Å². The number of nitrogens with zero attached hydrogens (tertiary/aromatic N) is 4. The lowest BCUT2D eigenvalue weighted by molar-refractivity contribution is -0.121. The van der Waals surface area contributed by atoms with Gasteiger partial charge in [-0.05, 0) is 51.1 Å². The van der Waals surface area contributed by atoms with Gasteiger partial charge in [0.2, 0.25) is 17.6 Å². The van der Waals surface area contributed by atoms with Crippen molar-refractivity contribution in [1.82, 2.24) is 20.0 Å². The second kappa shape index (κ2) is 8.31. The topological polar surface area (TPSA) is 84.2 Å². The number of anilines is 1. The molecule has 3 aromatic rings. The monoisotopic (exact) mass is 377 g/mol. The van der Waals surface area contributed by atoms with E-state index < -0.39 is 0 Å². The molecule has 28 heavy (non-hydrogen) atoms. The molecule has 0 unspecified atom stereocenters. The van der Waals surface area contributed by atoms with Crippen LogP contribution >= 0.6 is 0 Å².